The number of rotatable bonds is 4. The summed E-state index contributed by atoms with van der Waals surface area (Å²) in [6.07, 6.45) is 1.21. The lowest BCUT2D eigenvalue weighted by Crippen LogP contribution is -1.95. The lowest BCUT2D eigenvalue weighted by molar-refractivity contribution is -0.385. The first-order valence-electron chi connectivity index (χ1n) is 7.08. The largest absolute Gasteiger partial charge is 0.439 e. The number of hydrogen-bond donors (Lipinski definition) is 0. The highest BCUT2D eigenvalue weighted by atomic mass is 16.6. The number of aromatic nitrogens is 1. The molecule has 1 heterocycles. The monoisotopic (exact) mass is 306 g/mol. The predicted octanol–water partition coefficient (Wildman–Crippen LogP) is 4.76. The highest BCUT2D eigenvalue weighted by Crippen LogP contribution is 2.27. The quantitative estimate of drug-likeness (QED) is 0.515. The highest BCUT2D eigenvalue weighted by Gasteiger charge is 2.12. The number of nitrogens with zero attached hydrogens (tertiary/aromatic N) is 2. The van der Waals surface area contributed by atoms with Crippen LogP contribution in [-0.2, 0) is 0 Å². The van der Waals surface area contributed by atoms with Crippen molar-refractivity contribution in [3.8, 4) is 22.8 Å². The number of ether oxygens (including phenoxy) is 1. The summed E-state index contributed by atoms with van der Waals surface area (Å²) in [6.45, 7) is 1.66. The van der Waals surface area contributed by atoms with Gasteiger partial charge in [0.2, 0.25) is 5.88 Å². The SMILES string of the molecule is Cc1cc(Oc2ccc(-c3ccccc3)cc2)ncc1[N+](=O)[O-]. The summed E-state index contributed by atoms with van der Waals surface area (Å²) >= 11 is 0. The normalized spacial score (nSPS) is 10.3. The van der Waals surface area contributed by atoms with E-state index in [9.17, 15) is 10.1 Å². The molecule has 0 unspecified atom stereocenters. The first-order valence-corrected chi connectivity index (χ1v) is 7.08. The Balaban J connectivity index is 1.79. The van der Waals surface area contributed by atoms with Crippen molar-refractivity contribution in [1.82, 2.24) is 4.98 Å². The van der Waals surface area contributed by atoms with Crippen LogP contribution in [0, 0.1) is 17.0 Å². The van der Waals surface area contributed by atoms with Crippen LogP contribution in [0.1, 0.15) is 5.56 Å². The van der Waals surface area contributed by atoms with Gasteiger partial charge in [0.25, 0.3) is 5.69 Å². The van der Waals surface area contributed by atoms with Gasteiger partial charge in [0.15, 0.2) is 0 Å². The molecule has 114 valence electrons. The molecule has 0 atom stereocenters. The van der Waals surface area contributed by atoms with Gasteiger partial charge in [0, 0.05) is 11.6 Å². The van der Waals surface area contributed by atoms with E-state index in [2.05, 4.69) is 4.98 Å². The van der Waals surface area contributed by atoms with E-state index in [1.54, 1.807) is 13.0 Å². The van der Waals surface area contributed by atoms with Crippen LogP contribution >= 0.6 is 0 Å². The van der Waals surface area contributed by atoms with Gasteiger partial charge in [-0.1, -0.05) is 42.5 Å². The minimum absolute atomic E-state index is 0.0169. The van der Waals surface area contributed by atoms with Crippen molar-refractivity contribution in [3.05, 3.63) is 82.5 Å². The lowest BCUT2D eigenvalue weighted by atomic mass is 10.1. The smallest absolute Gasteiger partial charge is 0.290 e. The van der Waals surface area contributed by atoms with Crippen LogP contribution in [0.3, 0.4) is 0 Å². The van der Waals surface area contributed by atoms with E-state index in [0.717, 1.165) is 11.1 Å². The van der Waals surface area contributed by atoms with Gasteiger partial charge in [-0.3, -0.25) is 10.1 Å². The molecule has 0 aliphatic rings. The topological polar surface area (TPSA) is 65.3 Å². The predicted molar refractivity (Wildman–Crippen MR) is 87.6 cm³/mol. The van der Waals surface area contributed by atoms with Gasteiger partial charge in [-0.05, 0) is 30.2 Å². The van der Waals surface area contributed by atoms with E-state index >= 15 is 0 Å². The third-order valence-corrected chi connectivity index (χ3v) is 3.44. The van der Waals surface area contributed by atoms with E-state index in [-0.39, 0.29) is 5.69 Å². The zero-order chi connectivity index (χ0) is 16.2. The molecule has 23 heavy (non-hydrogen) atoms. The fourth-order valence-corrected chi connectivity index (χ4v) is 2.24. The third kappa shape index (κ3) is 3.35. The van der Waals surface area contributed by atoms with E-state index in [4.69, 9.17) is 4.74 Å². The van der Waals surface area contributed by atoms with Gasteiger partial charge in [-0.25, -0.2) is 4.98 Å². The van der Waals surface area contributed by atoms with Crippen molar-refractivity contribution >= 4 is 5.69 Å². The van der Waals surface area contributed by atoms with Gasteiger partial charge in [-0.15, -0.1) is 0 Å². The zero-order valence-electron chi connectivity index (χ0n) is 12.5. The molecule has 2 aromatic carbocycles. The minimum Gasteiger partial charge on any atom is -0.439 e. The Morgan fingerprint density at radius 1 is 1.00 bits per heavy atom. The molecular formula is C18H14N2O3. The molecule has 0 saturated carbocycles. The standard InChI is InChI=1S/C18H14N2O3/c1-13-11-18(19-12-17(13)20(21)22)23-16-9-7-15(8-10-16)14-5-3-2-4-6-14/h2-12H,1H3. The second-order valence-corrected chi connectivity index (χ2v) is 5.06. The average molecular weight is 306 g/mol. The molecule has 5 nitrogen and oxygen atoms in total. The van der Waals surface area contributed by atoms with Crippen molar-refractivity contribution in [1.29, 1.82) is 0 Å². The van der Waals surface area contributed by atoms with Crippen LogP contribution in [0.25, 0.3) is 11.1 Å². The fraction of sp³-hybridized carbons (Fsp3) is 0.0556. The molecule has 0 bridgehead atoms. The number of nitro groups is 1. The molecule has 3 rings (SSSR count). The van der Waals surface area contributed by atoms with Crippen LogP contribution in [0.2, 0.25) is 0 Å². The Bertz CT molecular complexity index is 831. The summed E-state index contributed by atoms with van der Waals surface area (Å²) in [4.78, 5) is 14.3. The molecule has 3 aromatic rings. The maximum atomic E-state index is 10.8. The Morgan fingerprint density at radius 2 is 1.65 bits per heavy atom. The molecule has 0 N–H and O–H groups in total. The van der Waals surface area contributed by atoms with Crippen LogP contribution in [0.15, 0.2) is 66.9 Å². The molecule has 0 radical (unpaired) electrons. The van der Waals surface area contributed by atoms with Gasteiger partial charge in [-0.2, -0.15) is 0 Å². The summed E-state index contributed by atoms with van der Waals surface area (Å²) in [6, 6.07) is 19.2. The molecule has 5 heteroatoms. The number of pyridine rings is 1. The second kappa shape index (κ2) is 6.27. The van der Waals surface area contributed by atoms with E-state index in [0.29, 0.717) is 17.2 Å². The fourth-order valence-electron chi connectivity index (χ4n) is 2.24. The first-order chi connectivity index (χ1) is 11.1. The Kier molecular flexibility index (Phi) is 4.01. The Morgan fingerprint density at radius 3 is 2.26 bits per heavy atom. The first kappa shape index (κ1) is 14.7. The zero-order valence-corrected chi connectivity index (χ0v) is 12.5. The van der Waals surface area contributed by atoms with Crippen LogP contribution in [0.4, 0.5) is 5.69 Å². The van der Waals surface area contributed by atoms with E-state index in [1.165, 1.54) is 6.20 Å². The lowest BCUT2D eigenvalue weighted by Gasteiger charge is -2.07. The minimum atomic E-state index is -0.458. The van der Waals surface area contributed by atoms with E-state index < -0.39 is 4.92 Å². The van der Waals surface area contributed by atoms with Gasteiger partial charge in [0.05, 0.1) is 4.92 Å². The summed E-state index contributed by atoms with van der Waals surface area (Å²) < 4.78 is 5.65. The summed E-state index contributed by atoms with van der Waals surface area (Å²) in [5.41, 5.74) is 2.71. The summed E-state index contributed by atoms with van der Waals surface area (Å²) in [7, 11) is 0. The molecule has 0 amide bonds. The van der Waals surface area contributed by atoms with Crippen LogP contribution in [-0.4, -0.2) is 9.91 Å². The molecule has 0 aliphatic heterocycles. The molecule has 0 saturated heterocycles. The van der Waals surface area contributed by atoms with Crippen molar-refractivity contribution in [3.63, 3.8) is 0 Å². The molecule has 1 aromatic heterocycles. The maximum absolute atomic E-state index is 10.8. The van der Waals surface area contributed by atoms with Crippen LogP contribution in [0.5, 0.6) is 11.6 Å². The van der Waals surface area contributed by atoms with Gasteiger partial charge < -0.3 is 4.74 Å². The Labute approximate surface area is 133 Å². The van der Waals surface area contributed by atoms with Crippen molar-refractivity contribution in [2.24, 2.45) is 0 Å². The number of benzene rings is 2. The maximum Gasteiger partial charge on any atom is 0.290 e. The third-order valence-electron chi connectivity index (χ3n) is 3.44. The van der Waals surface area contributed by atoms with Crippen molar-refractivity contribution < 1.29 is 9.66 Å². The highest BCUT2D eigenvalue weighted by molar-refractivity contribution is 5.64. The second-order valence-electron chi connectivity index (χ2n) is 5.06. The Hall–Kier alpha value is -3.21. The number of aryl methyl sites for hydroxylation is 1. The van der Waals surface area contributed by atoms with Crippen LogP contribution < -0.4 is 4.74 Å². The average Bonchev–Trinajstić information content (AvgIpc) is 2.56. The molecule has 0 spiro atoms. The summed E-state index contributed by atoms with van der Waals surface area (Å²) in [5.74, 6) is 0.964. The molecular weight excluding hydrogens is 292 g/mol. The van der Waals surface area contributed by atoms with Crippen molar-refractivity contribution in [2.75, 3.05) is 0 Å². The van der Waals surface area contributed by atoms with E-state index in [1.807, 2.05) is 54.6 Å². The van der Waals surface area contributed by atoms with Gasteiger partial charge in [0.1, 0.15) is 11.9 Å². The molecule has 0 fully saturated rings. The van der Waals surface area contributed by atoms with Gasteiger partial charge >= 0.3 is 0 Å². The summed E-state index contributed by atoms with van der Waals surface area (Å²) in [5, 5.41) is 10.8. The van der Waals surface area contributed by atoms with Crippen molar-refractivity contribution in [2.45, 2.75) is 6.92 Å². The molecule has 0 aliphatic carbocycles. The number of hydrogen-bond acceptors (Lipinski definition) is 4.